The van der Waals surface area contributed by atoms with E-state index in [1.165, 1.54) is 0 Å². The Morgan fingerprint density at radius 1 is 1.00 bits per heavy atom. The minimum Gasteiger partial charge on any atom is -0.508 e. The van der Waals surface area contributed by atoms with Gasteiger partial charge in [-0.05, 0) is 55.0 Å². The zero-order chi connectivity index (χ0) is 12.3. The molecule has 0 spiro atoms. The molecule has 86 valence electrons. The molecular weight excluding hydrogens is 236 g/mol. The summed E-state index contributed by atoms with van der Waals surface area (Å²) < 4.78 is 0. The topological polar surface area (TPSA) is 45.0 Å². The summed E-state index contributed by atoms with van der Waals surface area (Å²) in [6, 6.07) is 12.1. The summed E-state index contributed by atoms with van der Waals surface area (Å²) in [5.74, 6) is 0.230. The Hall–Kier alpha value is -1.87. The molecule has 0 amide bonds. The van der Waals surface area contributed by atoms with Crippen LogP contribution in [0.4, 0.5) is 11.4 Å². The number of phenols is 1. The number of hydrogen-bond acceptors (Lipinski definition) is 3. The van der Waals surface area contributed by atoms with Crippen molar-refractivity contribution in [2.24, 2.45) is 10.2 Å². The maximum atomic E-state index is 9.27. The molecule has 4 heteroatoms. The maximum Gasteiger partial charge on any atom is 0.115 e. The van der Waals surface area contributed by atoms with Crippen molar-refractivity contribution in [2.45, 2.75) is 6.92 Å². The Labute approximate surface area is 104 Å². The number of hydrogen-bond donors (Lipinski definition) is 1. The number of halogens is 1. The van der Waals surface area contributed by atoms with Crippen molar-refractivity contribution < 1.29 is 5.11 Å². The zero-order valence-corrected chi connectivity index (χ0v) is 10.0. The second kappa shape index (κ2) is 4.97. The van der Waals surface area contributed by atoms with Crippen molar-refractivity contribution >= 4 is 23.0 Å². The van der Waals surface area contributed by atoms with Gasteiger partial charge in [0.1, 0.15) is 5.75 Å². The highest BCUT2D eigenvalue weighted by Gasteiger charge is 1.97. The standard InChI is InChI=1S/C13H11ClN2O/c1-9-8-12(17)6-7-13(9)16-15-11-4-2-10(14)3-5-11/h2-8,17H,1H3. The fourth-order valence-corrected chi connectivity index (χ4v) is 1.50. The zero-order valence-electron chi connectivity index (χ0n) is 9.26. The molecule has 3 nitrogen and oxygen atoms in total. The molecule has 1 N–H and O–H groups in total. The Kier molecular flexibility index (Phi) is 3.40. The van der Waals surface area contributed by atoms with E-state index in [9.17, 15) is 5.11 Å². The number of rotatable bonds is 2. The van der Waals surface area contributed by atoms with Gasteiger partial charge in [0.25, 0.3) is 0 Å². The largest absolute Gasteiger partial charge is 0.508 e. The third kappa shape index (κ3) is 3.04. The van der Waals surface area contributed by atoms with E-state index in [2.05, 4.69) is 10.2 Å². The third-order valence-corrected chi connectivity index (χ3v) is 2.53. The Morgan fingerprint density at radius 2 is 1.71 bits per heavy atom. The van der Waals surface area contributed by atoms with Gasteiger partial charge in [-0.1, -0.05) is 11.6 Å². The first-order valence-electron chi connectivity index (χ1n) is 5.12. The van der Waals surface area contributed by atoms with Crippen molar-refractivity contribution in [3.8, 4) is 5.75 Å². The van der Waals surface area contributed by atoms with Gasteiger partial charge in [-0.2, -0.15) is 10.2 Å². The monoisotopic (exact) mass is 246 g/mol. The van der Waals surface area contributed by atoms with Gasteiger partial charge < -0.3 is 5.11 Å². The predicted octanol–water partition coefficient (Wildman–Crippen LogP) is 4.77. The first-order chi connectivity index (χ1) is 8.15. The van der Waals surface area contributed by atoms with Crippen molar-refractivity contribution in [1.82, 2.24) is 0 Å². The van der Waals surface area contributed by atoms with E-state index in [1.807, 2.05) is 6.92 Å². The molecule has 2 rings (SSSR count). The SMILES string of the molecule is Cc1cc(O)ccc1N=Nc1ccc(Cl)cc1. The summed E-state index contributed by atoms with van der Waals surface area (Å²) in [7, 11) is 0. The summed E-state index contributed by atoms with van der Waals surface area (Å²) in [4.78, 5) is 0. The predicted molar refractivity (Wildman–Crippen MR) is 68.5 cm³/mol. The smallest absolute Gasteiger partial charge is 0.115 e. The van der Waals surface area contributed by atoms with Crippen molar-refractivity contribution in [1.29, 1.82) is 0 Å². The minimum absolute atomic E-state index is 0.230. The van der Waals surface area contributed by atoms with E-state index >= 15 is 0 Å². The molecule has 0 radical (unpaired) electrons. The number of nitrogens with zero attached hydrogens (tertiary/aromatic N) is 2. The Bertz CT molecular complexity index is 550. The Balaban J connectivity index is 2.23. The normalized spacial score (nSPS) is 10.9. The average Bonchev–Trinajstić information content (AvgIpc) is 2.30. The number of azo groups is 1. The second-order valence-corrected chi connectivity index (χ2v) is 4.08. The van der Waals surface area contributed by atoms with Gasteiger partial charge >= 0.3 is 0 Å². The summed E-state index contributed by atoms with van der Waals surface area (Å²) in [5.41, 5.74) is 2.35. The minimum atomic E-state index is 0.230. The molecule has 17 heavy (non-hydrogen) atoms. The van der Waals surface area contributed by atoms with Crippen LogP contribution in [0.1, 0.15) is 5.56 Å². The quantitative estimate of drug-likeness (QED) is 0.762. The number of aromatic hydroxyl groups is 1. The van der Waals surface area contributed by atoms with Crippen LogP contribution in [0.2, 0.25) is 5.02 Å². The summed E-state index contributed by atoms with van der Waals surface area (Å²) in [5, 5.41) is 18.1. The number of aryl methyl sites for hydroxylation is 1. The molecule has 0 saturated heterocycles. The van der Waals surface area contributed by atoms with Gasteiger partial charge in [-0.25, -0.2) is 0 Å². The lowest BCUT2D eigenvalue weighted by atomic mass is 10.2. The molecule has 0 bridgehead atoms. The van der Waals surface area contributed by atoms with Gasteiger partial charge in [0.05, 0.1) is 11.4 Å². The highest BCUT2D eigenvalue weighted by Crippen LogP contribution is 2.25. The van der Waals surface area contributed by atoms with Gasteiger partial charge in [-0.15, -0.1) is 0 Å². The summed E-state index contributed by atoms with van der Waals surface area (Å²) in [6.45, 7) is 1.87. The lowest BCUT2D eigenvalue weighted by molar-refractivity contribution is 0.475. The van der Waals surface area contributed by atoms with Crippen molar-refractivity contribution in [2.75, 3.05) is 0 Å². The number of benzene rings is 2. The molecule has 0 aliphatic carbocycles. The molecule has 0 atom stereocenters. The van der Waals surface area contributed by atoms with E-state index in [1.54, 1.807) is 42.5 Å². The molecule has 0 heterocycles. The van der Waals surface area contributed by atoms with Gasteiger partial charge in [0.15, 0.2) is 0 Å². The first-order valence-corrected chi connectivity index (χ1v) is 5.50. The summed E-state index contributed by atoms with van der Waals surface area (Å²) in [6.07, 6.45) is 0. The molecule has 0 aromatic heterocycles. The van der Waals surface area contributed by atoms with Crippen LogP contribution in [0.3, 0.4) is 0 Å². The van der Waals surface area contributed by atoms with Gasteiger partial charge in [-0.3, -0.25) is 0 Å². The lowest BCUT2D eigenvalue weighted by Crippen LogP contribution is -1.73. The van der Waals surface area contributed by atoms with Crippen LogP contribution in [0.5, 0.6) is 5.75 Å². The van der Waals surface area contributed by atoms with Crippen LogP contribution in [0, 0.1) is 6.92 Å². The van der Waals surface area contributed by atoms with E-state index in [0.29, 0.717) is 5.02 Å². The highest BCUT2D eigenvalue weighted by molar-refractivity contribution is 6.30. The molecule has 0 saturated carbocycles. The fraction of sp³-hybridized carbons (Fsp3) is 0.0769. The van der Waals surface area contributed by atoms with Crippen LogP contribution < -0.4 is 0 Å². The van der Waals surface area contributed by atoms with Crippen LogP contribution in [-0.2, 0) is 0 Å². The van der Waals surface area contributed by atoms with E-state index < -0.39 is 0 Å². The fourth-order valence-electron chi connectivity index (χ4n) is 1.37. The molecule has 2 aromatic rings. The van der Waals surface area contributed by atoms with E-state index in [-0.39, 0.29) is 5.75 Å². The molecular formula is C13H11ClN2O. The third-order valence-electron chi connectivity index (χ3n) is 2.28. The Morgan fingerprint density at radius 3 is 2.35 bits per heavy atom. The van der Waals surface area contributed by atoms with Gasteiger partial charge in [0.2, 0.25) is 0 Å². The van der Waals surface area contributed by atoms with Crippen molar-refractivity contribution in [3.05, 3.63) is 53.1 Å². The van der Waals surface area contributed by atoms with Crippen molar-refractivity contribution in [3.63, 3.8) is 0 Å². The maximum absolute atomic E-state index is 9.27. The average molecular weight is 247 g/mol. The van der Waals surface area contributed by atoms with Crippen LogP contribution >= 0.6 is 11.6 Å². The number of phenolic OH excluding ortho intramolecular Hbond substituents is 1. The van der Waals surface area contributed by atoms with E-state index in [4.69, 9.17) is 11.6 Å². The van der Waals surface area contributed by atoms with Crippen LogP contribution in [-0.4, -0.2) is 5.11 Å². The summed E-state index contributed by atoms with van der Waals surface area (Å²) >= 11 is 5.77. The van der Waals surface area contributed by atoms with Gasteiger partial charge in [0, 0.05) is 5.02 Å². The molecule has 2 aromatic carbocycles. The second-order valence-electron chi connectivity index (χ2n) is 3.65. The molecule has 0 unspecified atom stereocenters. The highest BCUT2D eigenvalue weighted by atomic mass is 35.5. The first kappa shape index (κ1) is 11.6. The van der Waals surface area contributed by atoms with Crippen LogP contribution in [0.25, 0.3) is 0 Å². The van der Waals surface area contributed by atoms with Crippen LogP contribution in [0.15, 0.2) is 52.7 Å². The lowest BCUT2D eigenvalue weighted by Gasteiger charge is -1.99. The molecule has 0 aliphatic heterocycles. The van der Waals surface area contributed by atoms with E-state index in [0.717, 1.165) is 16.9 Å². The molecule has 0 fully saturated rings. The molecule has 0 aliphatic rings.